The van der Waals surface area contributed by atoms with Crippen LogP contribution < -0.4 is 5.48 Å². The van der Waals surface area contributed by atoms with Gasteiger partial charge < -0.3 is 14.3 Å². The number of rotatable bonds is 0. The first-order valence-corrected chi connectivity index (χ1v) is 3.20. The predicted molar refractivity (Wildman–Crippen MR) is 36.6 cm³/mol. The summed E-state index contributed by atoms with van der Waals surface area (Å²) in [6, 6.07) is 0. The summed E-state index contributed by atoms with van der Waals surface area (Å²) in [5.74, 6) is 0.671. The Hall–Kier alpha value is -1.58. The molecule has 11 heavy (non-hydrogen) atoms. The van der Waals surface area contributed by atoms with Crippen molar-refractivity contribution >= 4 is 0 Å². The number of fused-ring (bicyclic) bond motifs is 1. The van der Waals surface area contributed by atoms with Crippen LogP contribution in [0.2, 0.25) is 0 Å². The molecule has 0 bridgehead atoms. The van der Waals surface area contributed by atoms with Gasteiger partial charge in [-0.05, 0) is 6.08 Å². The highest BCUT2D eigenvalue weighted by molar-refractivity contribution is 5.36. The Balaban J connectivity index is 2.24. The fraction of sp³-hybridized carbons (Fsp3) is 0.143. The third-order valence-corrected chi connectivity index (χ3v) is 1.34. The zero-order valence-corrected chi connectivity index (χ0v) is 5.74. The molecule has 0 fully saturated rings. The first kappa shape index (κ1) is 6.15. The lowest BCUT2D eigenvalue weighted by Gasteiger charge is -2.05. The van der Waals surface area contributed by atoms with E-state index in [1.54, 1.807) is 18.5 Å². The van der Waals surface area contributed by atoms with Crippen LogP contribution >= 0.6 is 0 Å². The summed E-state index contributed by atoms with van der Waals surface area (Å²) >= 11 is 0. The molecule has 2 aliphatic heterocycles. The van der Waals surface area contributed by atoms with E-state index in [9.17, 15) is 0 Å². The molecule has 0 spiro atoms. The lowest BCUT2D eigenvalue weighted by atomic mass is 10.2. The second-order valence-electron chi connectivity index (χ2n) is 2.06. The minimum absolute atomic E-state index is 0.219. The summed E-state index contributed by atoms with van der Waals surface area (Å²) in [5, 5.41) is 0. The van der Waals surface area contributed by atoms with Gasteiger partial charge >= 0.3 is 0 Å². The van der Waals surface area contributed by atoms with Gasteiger partial charge in [0, 0.05) is 11.8 Å². The summed E-state index contributed by atoms with van der Waals surface area (Å²) in [6.45, 7) is 0.219. The van der Waals surface area contributed by atoms with E-state index in [0.717, 1.165) is 5.57 Å². The molecular formula is C7H7NO3. The van der Waals surface area contributed by atoms with E-state index in [-0.39, 0.29) is 6.79 Å². The van der Waals surface area contributed by atoms with Gasteiger partial charge in [-0.2, -0.15) is 0 Å². The monoisotopic (exact) mass is 153 g/mol. The number of hydrogen-bond donors (Lipinski definition) is 1. The molecule has 0 radical (unpaired) electrons. The Bertz CT molecular complexity index is 242. The molecular weight excluding hydrogens is 146 g/mol. The highest BCUT2D eigenvalue weighted by atomic mass is 16.7. The van der Waals surface area contributed by atoms with Crippen molar-refractivity contribution in [1.82, 2.24) is 5.48 Å². The van der Waals surface area contributed by atoms with Gasteiger partial charge in [0.25, 0.3) is 0 Å². The molecule has 0 saturated carbocycles. The van der Waals surface area contributed by atoms with Crippen LogP contribution in [0, 0.1) is 0 Å². The van der Waals surface area contributed by atoms with Crippen molar-refractivity contribution in [3.63, 3.8) is 0 Å². The Morgan fingerprint density at radius 2 is 2.36 bits per heavy atom. The van der Waals surface area contributed by atoms with Crippen molar-refractivity contribution in [2.24, 2.45) is 0 Å². The van der Waals surface area contributed by atoms with Crippen LogP contribution in [-0.4, -0.2) is 6.79 Å². The third-order valence-electron chi connectivity index (χ3n) is 1.34. The average Bonchev–Trinajstić information content (AvgIpc) is 2.35. The minimum atomic E-state index is 0.219. The van der Waals surface area contributed by atoms with Gasteiger partial charge in [0.2, 0.25) is 6.79 Å². The lowest BCUT2D eigenvalue weighted by Crippen LogP contribution is -1.99. The number of hydrogen-bond acceptors (Lipinski definition) is 4. The van der Waals surface area contributed by atoms with Crippen molar-refractivity contribution in [2.75, 3.05) is 6.79 Å². The number of allylic oxidation sites excluding steroid dienone is 1. The molecule has 4 nitrogen and oxygen atoms in total. The molecule has 58 valence electrons. The summed E-state index contributed by atoms with van der Waals surface area (Å²) in [6.07, 6.45) is 6.60. The molecule has 2 rings (SSSR count). The largest absolute Gasteiger partial charge is 0.465 e. The number of ether oxygens (including phenoxy) is 2. The summed E-state index contributed by atoms with van der Waals surface area (Å²) in [7, 11) is 0. The molecule has 0 unspecified atom stereocenters. The minimum Gasteiger partial charge on any atom is -0.465 e. The van der Waals surface area contributed by atoms with Crippen LogP contribution in [0.1, 0.15) is 0 Å². The van der Waals surface area contributed by atoms with E-state index in [1.165, 1.54) is 6.26 Å². The molecule has 1 N–H and O–H groups in total. The normalized spacial score (nSPS) is 28.0. The molecule has 0 amide bonds. The van der Waals surface area contributed by atoms with Gasteiger partial charge in [0.15, 0.2) is 5.76 Å². The van der Waals surface area contributed by atoms with Gasteiger partial charge in [0.1, 0.15) is 6.26 Å². The Labute approximate surface area is 63.7 Å². The van der Waals surface area contributed by atoms with Crippen LogP contribution in [0.4, 0.5) is 0 Å². The maximum absolute atomic E-state index is 4.98. The highest BCUT2D eigenvalue weighted by Gasteiger charge is 2.11. The molecule has 0 aromatic carbocycles. The Morgan fingerprint density at radius 1 is 1.36 bits per heavy atom. The summed E-state index contributed by atoms with van der Waals surface area (Å²) in [5.41, 5.74) is 3.51. The SMILES string of the molecule is C1=C2/C=C/OCO/C=C\2ON1. The van der Waals surface area contributed by atoms with E-state index in [4.69, 9.17) is 14.3 Å². The molecule has 4 heteroatoms. The van der Waals surface area contributed by atoms with Gasteiger partial charge in [-0.25, -0.2) is 5.48 Å². The van der Waals surface area contributed by atoms with Gasteiger partial charge in [0.05, 0.1) is 6.26 Å². The number of hydroxylamine groups is 1. The molecule has 0 atom stereocenters. The molecule has 2 heterocycles. The Kier molecular flexibility index (Phi) is 1.44. The smallest absolute Gasteiger partial charge is 0.229 e. The predicted octanol–water partition coefficient (Wildman–Crippen LogP) is 0.764. The average molecular weight is 153 g/mol. The maximum atomic E-state index is 4.98. The van der Waals surface area contributed by atoms with Gasteiger partial charge in [-0.1, -0.05) is 0 Å². The lowest BCUT2D eigenvalue weighted by molar-refractivity contribution is 0.0351. The van der Waals surface area contributed by atoms with Crippen LogP contribution in [0.3, 0.4) is 0 Å². The summed E-state index contributed by atoms with van der Waals surface area (Å²) in [4.78, 5) is 4.98. The van der Waals surface area contributed by atoms with Crippen molar-refractivity contribution in [2.45, 2.75) is 0 Å². The van der Waals surface area contributed by atoms with E-state index in [1.807, 2.05) is 0 Å². The van der Waals surface area contributed by atoms with Gasteiger partial charge in [-0.3, -0.25) is 0 Å². The standard InChI is InChI=1S/C7H7NO3/c1-2-9-5-10-4-7-6(1)3-8-11-7/h1-4,8H,5H2/b2-1+,7-4+. The zero-order valence-electron chi connectivity index (χ0n) is 5.74. The molecule has 0 saturated heterocycles. The quantitative estimate of drug-likeness (QED) is 0.557. The van der Waals surface area contributed by atoms with Crippen LogP contribution in [0.5, 0.6) is 0 Å². The molecule has 0 aromatic heterocycles. The summed E-state index contributed by atoms with van der Waals surface area (Å²) < 4.78 is 9.86. The van der Waals surface area contributed by atoms with E-state index in [2.05, 4.69) is 5.48 Å². The van der Waals surface area contributed by atoms with E-state index < -0.39 is 0 Å². The maximum Gasteiger partial charge on any atom is 0.229 e. The first-order valence-electron chi connectivity index (χ1n) is 3.20. The van der Waals surface area contributed by atoms with Crippen molar-refractivity contribution in [3.8, 4) is 0 Å². The zero-order chi connectivity index (χ0) is 7.52. The first-order chi connectivity index (χ1) is 5.47. The van der Waals surface area contributed by atoms with E-state index in [0.29, 0.717) is 5.76 Å². The highest BCUT2D eigenvalue weighted by Crippen LogP contribution is 2.17. The van der Waals surface area contributed by atoms with Crippen molar-refractivity contribution < 1.29 is 14.3 Å². The third kappa shape index (κ3) is 1.14. The number of nitrogens with one attached hydrogen (secondary N) is 1. The van der Waals surface area contributed by atoms with E-state index >= 15 is 0 Å². The second-order valence-corrected chi connectivity index (χ2v) is 2.06. The van der Waals surface area contributed by atoms with Crippen LogP contribution in [0.25, 0.3) is 0 Å². The van der Waals surface area contributed by atoms with Crippen LogP contribution in [0.15, 0.2) is 36.1 Å². The molecule has 0 aromatic rings. The Morgan fingerprint density at radius 3 is 3.36 bits per heavy atom. The molecule has 2 aliphatic rings. The van der Waals surface area contributed by atoms with Crippen LogP contribution in [-0.2, 0) is 14.3 Å². The van der Waals surface area contributed by atoms with Crippen molar-refractivity contribution in [3.05, 3.63) is 36.1 Å². The van der Waals surface area contributed by atoms with Gasteiger partial charge in [-0.15, -0.1) is 0 Å². The fourth-order valence-corrected chi connectivity index (χ4v) is 0.819. The molecule has 0 aliphatic carbocycles. The second kappa shape index (κ2) is 2.57. The van der Waals surface area contributed by atoms with Crippen molar-refractivity contribution in [1.29, 1.82) is 0 Å². The topological polar surface area (TPSA) is 39.7 Å². The fourth-order valence-electron chi connectivity index (χ4n) is 0.819.